The molecule has 0 bridgehead atoms. The largest absolute Gasteiger partial charge is 0.493 e. The quantitative estimate of drug-likeness (QED) is 0.705. The summed E-state index contributed by atoms with van der Waals surface area (Å²) in [5, 5.41) is 2.49. The van der Waals surface area contributed by atoms with E-state index in [9.17, 15) is 18.8 Å². The SMILES string of the molecule is COc1ccc2c(c1OC)C(=O)O[C@@H]2N1C(=O)CC[C@H]1C(=O)Nc1ccc(F)c(Cl)c1. The van der Waals surface area contributed by atoms with Crippen molar-refractivity contribution >= 4 is 35.1 Å². The first kappa shape index (κ1) is 20.9. The van der Waals surface area contributed by atoms with Crippen LogP contribution in [0.25, 0.3) is 0 Å². The minimum atomic E-state index is -1.08. The van der Waals surface area contributed by atoms with Crippen LogP contribution in [-0.2, 0) is 14.3 Å². The topological polar surface area (TPSA) is 94.2 Å². The summed E-state index contributed by atoms with van der Waals surface area (Å²) in [5.74, 6) is -1.59. The van der Waals surface area contributed by atoms with Crippen LogP contribution < -0.4 is 14.8 Å². The zero-order chi connectivity index (χ0) is 22.3. The van der Waals surface area contributed by atoms with Crippen LogP contribution >= 0.6 is 11.6 Å². The third kappa shape index (κ3) is 3.54. The van der Waals surface area contributed by atoms with Gasteiger partial charge in [-0.1, -0.05) is 11.6 Å². The molecule has 2 atom stereocenters. The van der Waals surface area contributed by atoms with Crippen molar-refractivity contribution in [3.63, 3.8) is 0 Å². The van der Waals surface area contributed by atoms with E-state index < -0.39 is 30.0 Å². The predicted molar refractivity (Wildman–Crippen MR) is 108 cm³/mol. The van der Waals surface area contributed by atoms with Gasteiger partial charge in [0.1, 0.15) is 17.4 Å². The Bertz CT molecular complexity index is 1090. The maximum absolute atomic E-state index is 13.4. The van der Waals surface area contributed by atoms with E-state index in [0.29, 0.717) is 11.3 Å². The molecular formula is C21H18ClFN2O6. The van der Waals surface area contributed by atoms with Crippen molar-refractivity contribution < 1.29 is 33.0 Å². The number of cyclic esters (lactones) is 1. The molecule has 2 aromatic carbocycles. The van der Waals surface area contributed by atoms with Gasteiger partial charge >= 0.3 is 5.97 Å². The Morgan fingerprint density at radius 1 is 1.23 bits per heavy atom. The first-order valence-electron chi connectivity index (χ1n) is 9.38. The fourth-order valence-electron chi connectivity index (χ4n) is 3.84. The van der Waals surface area contributed by atoms with E-state index in [1.165, 1.54) is 31.3 Å². The molecule has 2 heterocycles. The van der Waals surface area contributed by atoms with Gasteiger partial charge in [0.05, 0.1) is 19.2 Å². The molecule has 0 unspecified atom stereocenters. The van der Waals surface area contributed by atoms with Crippen LogP contribution in [0.2, 0.25) is 5.02 Å². The van der Waals surface area contributed by atoms with Crippen LogP contribution in [-0.4, -0.2) is 42.9 Å². The Balaban J connectivity index is 1.64. The molecule has 0 saturated carbocycles. The number of amides is 2. The van der Waals surface area contributed by atoms with Gasteiger partial charge in [-0.05, 0) is 36.8 Å². The molecule has 0 aromatic heterocycles. The van der Waals surface area contributed by atoms with Gasteiger partial charge in [-0.3, -0.25) is 14.5 Å². The van der Waals surface area contributed by atoms with E-state index >= 15 is 0 Å². The summed E-state index contributed by atoms with van der Waals surface area (Å²) in [4.78, 5) is 39.4. The number of nitrogens with one attached hydrogen (secondary N) is 1. The summed E-state index contributed by atoms with van der Waals surface area (Å²) >= 11 is 5.77. The number of carbonyl (C=O) groups excluding carboxylic acids is 3. The lowest BCUT2D eigenvalue weighted by Crippen LogP contribution is -2.43. The van der Waals surface area contributed by atoms with E-state index in [0.717, 1.165) is 6.07 Å². The molecule has 1 saturated heterocycles. The summed E-state index contributed by atoms with van der Waals surface area (Å²) in [6, 6.07) is 6.08. The lowest BCUT2D eigenvalue weighted by molar-refractivity contribution is -0.144. The second-order valence-electron chi connectivity index (χ2n) is 7.00. The Morgan fingerprint density at radius 2 is 2.00 bits per heavy atom. The maximum Gasteiger partial charge on any atom is 0.344 e. The monoisotopic (exact) mass is 448 g/mol. The van der Waals surface area contributed by atoms with Gasteiger partial charge in [0.15, 0.2) is 11.5 Å². The molecule has 0 spiro atoms. The van der Waals surface area contributed by atoms with Crippen LogP contribution in [0.3, 0.4) is 0 Å². The Labute approximate surface area is 181 Å². The Hall–Kier alpha value is -3.33. The summed E-state index contributed by atoms with van der Waals surface area (Å²) in [6.45, 7) is 0. The number of ether oxygens (including phenoxy) is 3. The fraction of sp³-hybridized carbons (Fsp3) is 0.286. The van der Waals surface area contributed by atoms with Crippen molar-refractivity contribution in [1.29, 1.82) is 0 Å². The van der Waals surface area contributed by atoms with Gasteiger partial charge in [0.25, 0.3) is 0 Å². The number of benzene rings is 2. The maximum atomic E-state index is 13.4. The van der Waals surface area contributed by atoms with Crippen LogP contribution in [0, 0.1) is 5.82 Å². The Kier molecular flexibility index (Phi) is 5.45. The zero-order valence-corrected chi connectivity index (χ0v) is 17.4. The van der Waals surface area contributed by atoms with Gasteiger partial charge in [-0.2, -0.15) is 0 Å². The molecular weight excluding hydrogens is 431 g/mol. The molecule has 2 aliphatic rings. The number of rotatable bonds is 5. The average molecular weight is 449 g/mol. The standard InChI is InChI=1S/C21H18ClFN2O6/c1-29-15-7-4-11-17(18(15)30-2)21(28)31-20(11)25-14(6-8-16(25)26)19(27)24-10-3-5-13(23)12(22)9-10/h3-5,7,9,14,20H,6,8H2,1-2H3,(H,24,27)/t14-,20-/m0/s1. The molecule has 31 heavy (non-hydrogen) atoms. The van der Waals surface area contributed by atoms with E-state index in [1.54, 1.807) is 12.1 Å². The lowest BCUT2D eigenvalue weighted by Gasteiger charge is -2.29. The number of anilines is 1. The number of halogens is 2. The van der Waals surface area contributed by atoms with Crippen molar-refractivity contribution in [2.24, 2.45) is 0 Å². The van der Waals surface area contributed by atoms with E-state index in [4.69, 9.17) is 25.8 Å². The number of esters is 1. The van der Waals surface area contributed by atoms with E-state index in [1.807, 2.05) is 0 Å². The molecule has 1 fully saturated rings. The van der Waals surface area contributed by atoms with E-state index in [2.05, 4.69) is 5.32 Å². The third-order valence-corrected chi connectivity index (χ3v) is 5.55. The van der Waals surface area contributed by atoms with Crippen molar-refractivity contribution in [3.8, 4) is 11.5 Å². The highest BCUT2D eigenvalue weighted by molar-refractivity contribution is 6.31. The molecule has 8 nitrogen and oxygen atoms in total. The highest BCUT2D eigenvalue weighted by Gasteiger charge is 2.47. The van der Waals surface area contributed by atoms with Crippen molar-refractivity contribution in [1.82, 2.24) is 4.90 Å². The molecule has 162 valence electrons. The highest BCUT2D eigenvalue weighted by atomic mass is 35.5. The minimum absolute atomic E-state index is 0.110. The van der Waals surface area contributed by atoms with Gasteiger partial charge in [0, 0.05) is 17.7 Å². The predicted octanol–water partition coefficient (Wildman–Crippen LogP) is 3.30. The number of likely N-dealkylation sites (tertiary alicyclic amines) is 1. The second-order valence-corrected chi connectivity index (χ2v) is 7.40. The van der Waals surface area contributed by atoms with Crippen LogP contribution in [0.1, 0.15) is 35.0 Å². The number of carbonyl (C=O) groups is 3. The van der Waals surface area contributed by atoms with Gasteiger partial charge in [0.2, 0.25) is 18.0 Å². The van der Waals surface area contributed by atoms with Crippen LogP contribution in [0.5, 0.6) is 11.5 Å². The summed E-state index contributed by atoms with van der Waals surface area (Å²) in [6.07, 6.45) is -0.736. The third-order valence-electron chi connectivity index (χ3n) is 5.26. The molecule has 1 N–H and O–H groups in total. The molecule has 2 aromatic rings. The number of nitrogens with zero attached hydrogens (tertiary/aromatic N) is 1. The fourth-order valence-corrected chi connectivity index (χ4v) is 4.02. The number of fused-ring (bicyclic) bond motifs is 1. The van der Waals surface area contributed by atoms with Gasteiger partial charge < -0.3 is 19.5 Å². The molecule has 0 aliphatic carbocycles. The van der Waals surface area contributed by atoms with Gasteiger partial charge in [-0.15, -0.1) is 0 Å². The van der Waals surface area contributed by atoms with E-state index in [-0.39, 0.29) is 40.8 Å². The molecule has 2 aliphatic heterocycles. The normalized spacial score (nSPS) is 19.8. The summed E-state index contributed by atoms with van der Waals surface area (Å²) in [5.41, 5.74) is 0.836. The van der Waals surface area contributed by atoms with Crippen LogP contribution in [0.4, 0.5) is 10.1 Å². The zero-order valence-electron chi connectivity index (χ0n) is 16.6. The number of hydrogen-bond donors (Lipinski definition) is 1. The first-order valence-corrected chi connectivity index (χ1v) is 9.76. The summed E-state index contributed by atoms with van der Waals surface area (Å²) < 4.78 is 29.4. The van der Waals surface area contributed by atoms with Crippen molar-refractivity contribution in [3.05, 3.63) is 52.3 Å². The minimum Gasteiger partial charge on any atom is -0.493 e. The van der Waals surface area contributed by atoms with Crippen LogP contribution in [0.15, 0.2) is 30.3 Å². The smallest absolute Gasteiger partial charge is 0.344 e. The molecule has 2 amide bonds. The Morgan fingerprint density at radius 3 is 2.68 bits per heavy atom. The molecule has 4 rings (SSSR count). The van der Waals surface area contributed by atoms with Crippen molar-refractivity contribution in [2.45, 2.75) is 25.1 Å². The highest BCUT2D eigenvalue weighted by Crippen LogP contribution is 2.45. The average Bonchev–Trinajstić information content (AvgIpc) is 3.29. The lowest BCUT2D eigenvalue weighted by atomic mass is 10.1. The first-order chi connectivity index (χ1) is 14.8. The number of hydrogen-bond acceptors (Lipinski definition) is 6. The second kappa shape index (κ2) is 8.07. The molecule has 10 heteroatoms. The van der Waals surface area contributed by atoms with Gasteiger partial charge in [-0.25, -0.2) is 9.18 Å². The molecule has 0 radical (unpaired) electrons. The van der Waals surface area contributed by atoms with Crippen molar-refractivity contribution in [2.75, 3.05) is 19.5 Å². The summed E-state index contributed by atoms with van der Waals surface area (Å²) in [7, 11) is 2.83. The number of methoxy groups -OCH3 is 2.